The molecule has 7 nitrogen and oxygen atoms in total. The average molecular weight is 349 g/mol. The van der Waals surface area contributed by atoms with E-state index in [4.69, 9.17) is 4.74 Å². The predicted molar refractivity (Wildman–Crippen MR) is 98.3 cm³/mol. The predicted octanol–water partition coefficient (Wildman–Crippen LogP) is 2.53. The highest BCUT2D eigenvalue weighted by molar-refractivity contribution is 5.65. The Labute approximate surface area is 149 Å². The Bertz CT molecular complexity index is 1080. The largest absolute Gasteiger partial charge is 0.497 e. The number of aromatic nitrogens is 5. The highest BCUT2D eigenvalue weighted by Crippen LogP contribution is 2.23. The van der Waals surface area contributed by atoms with E-state index in [2.05, 4.69) is 15.2 Å². The van der Waals surface area contributed by atoms with Gasteiger partial charge in [-0.1, -0.05) is 12.1 Å². The van der Waals surface area contributed by atoms with Crippen molar-refractivity contribution in [3.8, 4) is 17.0 Å². The number of nitrogens with one attached hydrogen (secondary N) is 1. The number of benzene rings is 1. The summed E-state index contributed by atoms with van der Waals surface area (Å²) >= 11 is 0. The number of aromatic amines is 1. The molecular formula is C19H19N5O2. The maximum absolute atomic E-state index is 12.4. The second kappa shape index (κ2) is 6.87. The molecule has 4 aromatic rings. The Morgan fingerprint density at radius 3 is 2.92 bits per heavy atom. The summed E-state index contributed by atoms with van der Waals surface area (Å²) in [7, 11) is 1.63. The third-order valence-electron chi connectivity index (χ3n) is 4.26. The molecule has 1 N–H and O–H groups in total. The van der Waals surface area contributed by atoms with Crippen LogP contribution in [0.3, 0.4) is 0 Å². The quantitative estimate of drug-likeness (QED) is 0.580. The van der Waals surface area contributed by atoms with Gasteiger partial charge in [-0.05, 0) is 31.0 Å². The second-order valence-electron chi connectivity index (χ2n) is 6.05. The van der Waals surface area contributed by atoms with Gasteiger partial charge in [0, 0.05) is 42.3 Å². The first kappa shape index (κ1) is 16.1. The van der Waals surface area contributed by atoms with Crippen LogP contribution in [-0.2, 0) is 13.0 Å². The SMILES string of the molecule is COc1cccc(-c2cc3nc(CCCn4cccn4)cc(=O)n3[nH]2)c1. The van der Waals surface area contributed by atoms with Gasteiger partial charge in [-0.3, -0.25) is 14.6 Å². The summed E-state index contributed by atoms with van der Waals surface area (Å²) in [5, 5.41) is 7.29. The Kier molecular flexibility index (Phi) is 4.27. The molecule has 0 aliphatic heterocycles. The number of nitrogens with zero attached hydrogens (tertiary/aromatic N) is 4. The van der Waals surface area contributed by atoms with Crippen molar-refractivity contribution in [2.45, 2.75) is 19.4 Å². The van der Waals surface area contributed by atoms with Crippen molar-refractivity contribution in [1.82, 2.24) is 24.4 Å². The number of rotatable bonds is 6. The van der Waals surface area contributed by atoms with Gasteiger partial charge in [0.15, 0.2) is 5.65 Å². The minimum Gasteiger partial charge on any atom is -0.497 e. The normalized spacial score (nSPS) is 11.1. The minimum atomic E-state index is -0.113. The number of fused-ring (bicyclic) bond motifs is 1. The monoisotopic (exact) mass is 349 g/mol. The zero-order valence-electron chi connectivity index (χ0n) is 14.4. The summed E-state index contributed by atoms with van der Waals surface area (Å²) in [6, 6.07) is 13.0. The fraction of sp³-hybridized carbons (Fsp3) is 0.211. The van der Waals surface area contributed by atoms with Crippen LogP contribution in [0.5, 0.6) is 5.75 Å². The fourth-order valence-electron chi connectivity index (χ4n) is 2.96. The van der Waals surface area contributed by atoms with E-state index >= 15 is 0 Å². The van der Waals surface area contributed by atoms with E-state index < -0.39 is 0 Å². The van der Waals surface area contributed by atoms with Gasteiger partial charge in [0.25, 0.3) is 5.56 Å². The summed E-state index contributed by atoms with van der Waals surface area (Å²) in [4.78, 5) is 17.0. The molecular weight excluding hydrogens is 330 g/mol. The van der Waals surface area contributed by atoms with Crippen molar-refractivity contribution in [2.24, 2.45) is 0 Å². The molecule has 0 amide bonds. The van der Waals surface area contributed by atoms with Crippen molar-refractivity contribution in [1.29, 1.82) is 0 Å². The van der Waals surface area contributed by atoms with Gasteiger partial charge in [-0.25, -0.2) is 9.50 Å². The number of methoxy groups -OCH3 is 1. The van der Waals surface area contributed by atoms with Crippen molar-refractivity contribution >= 4 is 5.65 Å². The summed E-state index contributed by atoms with van der Waals surface area (Å²) in [5.41, 5.74) is 3.05. The van der Waals surface area contributed by atoms with Gasteiger partial charge in [0.1, 0.15) is 5.75 Å². The number of hydrogen-bond acceptors (Lipinski definition) is 4. The van der Waals surface area contributed by atoms with E-state index in [1.54, 1.807) is 19.4 Å². The molecule has 3 aromatic heterocycles. The Balaban J connectivity index is 1.59. The molecule has 7 heteroatoms. The molecule has 26 heavy (non-hydrogen) atoms. The van der Waals surface area contributed by atoms with E-state index in [1.807, 2.05) is 47.3 Å². The number of hydrogen-bond donors (Lipinski definition) is 1. The molecule has 132 valence electrons. The number of aryl methyl sites for hydroxylation is 2. The molecule has 0 saturated carbocycles. The van der Waals surface area contributed by atoms with Crippen LogP contribution in [0.4, 0.5) is 0 Å². The lowest BCUT2D eigenvalue weighted by Crippen LogP contribution is -2.15. The highest BCUT2D eigenvalue weighted by atomic mass is 16.5. The second-order valence-corrected chi connectivity index (χ2v) is 6.05. The summed E-state index contributed by atoms with van der Waals surface area (Å²) in [5.74, 6) is 0.765. The van der Waals surface area contributed by atoms with Crippen LogP contribution >= 0.6 is 0 Å². The lowest BCUT2D eigenvalue weighted by atomic mass is 10.1. The summed E-state index contributed by atoms with van der Waals surface area (Å²) in [6.07, 6.45) is 5.29. The molecule has 0 saturated heterocycles. The van der Waals surface area contributed by atoms with Gasteiger partial charge >= 0.3 is 0 Å². The van der Waals surface area contributed by atoms with Gasteiger partial charge in [-0.2, -0.15) is 5.10 Å². The van der Waals surface area contributed by atoms with Crippen LogP contribution < -0.4 is 10.3 Å². The lowest BCUT2D eigenvalue weighted by Gasteiger charge is -2.02. The molecule has 4 rings (SSSR count). The maximum Gasteiger partial charge on any atom is 0.272 e. The number of H-pyrrole nitrogens is 1. The molecule has 0 atom stereocenters. The van der Waals surface area contributed by atoms with Crippen molar-refractivity contribution in [2.75, 3.05) is 7.11 Å². The smallest absolute Gasteiger partial charge is 0.272 e. The molecule has 0 aliphatic rings. The Morgan fingerprint density at radius 2 is 2.12 bits per heavy atom. The minimum absolute atomic E-state index is 0.113. The van der Waals surface area contributed by atoms with Crippen LogP contribution in [0.15, 0.2) is 59.7 Å². The van der Waals surface area contributed by atoms with Gasteiger partial charge in [0.05, 0.1) is 12.8 Å². The van der Waals surface area contributed by atoms with E-state index in [0.717, 1.165) is 42.1 Å². The average Bonchev–Trinajstić information content (AvgIpc) is 3.32. The third-order valence-corrected chi connectivity index (χ3v) is 4.26. The Morgan fingerprint density at radius 1 is 1.19 bits per heavy atom. The summed E-state index contributed by atoms with van der Waals surface area (Å²) < 4.78 is 8.60. The topological polar surface area (TPSA) is 77.2 Å². The van der Waals surface area contributed by atoms with E-state index in [1.165, 1.54) is 4.52 Å². The van der Waals surface area contributed by atoms with Crippen LogP contribution in [0.25, 0.3) is 16.9 Å². The van der Waals surface area contributed by atoms with Crippen molar-refractivity contribution < 1.29 is 4.74 Å². The van der Waals surface area contributed by atoms with Gasteiger partial charge in [0.2, 0.25) is 0 Å². The molecule has 0 bridgehead atoms. The molecule has 0 aliphatic carbocycles. The molecule has 3 heterocycles. The van der Waals surface area contributed by atoms with Crippen LogP contribution in [0, 0.1) is 0 Å². The van der Waals surface area contributed by atoms with Gasteiger partial charge in [-0.15, -0.1) is 0 Å². The lowest BCUT2D eigenvalue weighted by molar-refractivity contribution is 0.415. The molecule has 1 aromatic carbocycles. The van der Waals surface area contributed by atoms with Crippen molar-refractivity contribution in [3.63, 3.8) is 0 Å². The molecule has 0 fully saturated rings. The van der Waals surface area contributed by atoms with Crippen molar-refractivity contribution in [3.05, 3.63) is 70.9 Å². The molecule has 0 unspecified atom stereocenters. The molecule has 0 radical (unpaired) electrons. The first-order valence-electron chi connectivity index (χ1n) is 8.46. The Hall–Kier alpha value is -3.35. The highest BCUT2D eigenvalue weighted by Gasteiger charge is 2.09. The van der Waals surface area contributed by atoms with Crippen LogP contribution in [-0.4, -0.2) is 31.5 Å². The summed E-state index contributed by atoms with van der Waals surface area (Å²) in [6.45, 7) is 0.802. The van der Waals surface area contributed by atoms with Gasteiger partial charge < -0.3 is 4.74 Å². The first-order valence-corrected chi connectivity index (χ1v) is 8.46. The van der Waals surface area contributed by atoms with E-state index in [-0.39, 0.29) is 5.56 Å². The first-order chi connectivity index (χ1) is 12.7. The number of ether oxygens (including phenoxy) is 1. The van der Waals surface area contributed by atoms with E-state index in [9.17, 15) is 4.79 Å². The third kappa shape index (κ3) is 3.23. The zero-order chi connectivity index (χ0) is 17.9. The fourth-order valence-corrected chi connectivity index (χ4v) is 2.96. The standard InChI is InChI=1S/C19H19N5O2/c1-26-16-7-2-5-14(11-16)17-13-18-21-15(12-19(25)24(18)22-17)6-3-9-23-10-4-8-20-23/h2,4-5,7-8,10-13,22H,3,6,9H2,1H3. The van der Waals surface area contributed by atoms with Crippen LogP contribution in [0.2, 0.25) is 0 Å². The van der Waals surface area contributed by atoms with E-state index in [0.29, 0.717) is 5.65 Å². The maximum atomic E-state index is 12.4. The van der Waals surface area contributed by atoms with Crippen LogP contribution in [0.1, 0.15) is 12.1 Å². The molecule has 0 spiro atoms. The zero-order valence-corrected chi connectivity index (χ0v) is 14.4.